The lowest BCUT2D eigenvalue weighted by molar-refractivity contribution is -0.943. The second-order valence-corrected chi connectivity index (χ2v) is 7.31. The summed E-state index contributed by atoms with van der Waals surface area (Å²) in [6.07, 6.45) is 3.72. The van der Waals surface area contributed by atoms with Gasteiger partial charge in [-0.25, -0.2) is 0 Å². The number of aromatic nitrogens is 1. The molecule has 0 bridgehead atoms. The number of carbonyl (C=O) groups excluding carboxylic acids is 1. The van der Waals surface area contributed by atoms with Crippen LogP contribution in [-0.4, -0.2) is 36.1 Å². The van der Waals surface area contributed by atoms with E-state index in [-0.39, 0.29) is 5.78 Å². The van der Waals surface area contributed by atoms with E-state index in [0.717, 1.165) is 27.9 Å². The number of ether oxygens (including phenoxy) is 1. The summed E-state index contributed by atoms with van der Waals surface area (Å²) >= 11 is 0. The molecule has 1 saturated heterocycles. The molecule has 0 radical (unpaired) electrons. The Hall–Kier alpha value is -1.81. The summed E-state index contributed by atoms with van der Waals surface area (Å²) in [5.41, 5.74) is 3.00. The maximum atomic E-state index is 13.2. The number of piperidine rings is 1. The quantitative estimate of drug-likeness (QED) is 0.875. The van der Waals surface area contributed by atoms with Crippen LogP contribution in [0.3, 0.4) is 0 Å². The van der Waals surface area contributed by atoms with Crippen LogP contribution in [0.2, 0.25) is 0 Å². The van der Waals surface area contributed by atoms with Crippen LogP contribution in [0.15, 0.2) is 18.2 Å². The molecule has 1 N–H and O–H groups in total. The van der Waals surface area contributed by atoms with E-state index in [1.165, 1.54) is 24.2 Å². The highest BCUT2D eigenvalue weighted by atomic mass is 16.5. The van der Waals surface area contributed by atoms with Gasteiger partial charge in [0.2, 0.25) is 5.78 Å². The maximum absolute atomic E-state index is 13.2. The number of carbonyl (C=O) groups is 1. The van der Waals surface area contributed by atoms with Crippen LogP contribution < -0.4 is 9.64 Å². The Morgan fingerprint density at radius 2 is 1.96 bits per heavy atom. The van der Waals surface area contributed by atoms with Crippen molar-refractivity contribution >= 4 is 16.7 Å². The number of hydrogen-bond donors (Lipinski definition) is 1. The van der Waals surface area contributed by atoms with Gasteiger partial charge in [-0.3, -0.25) is 4.79 Å². The van der Waals surface area contributed by atoms with E-state index in [4.69, 9.17) is 4.74 Å². The Bertz CT molecular complexity index is 753. The predicted octanol–water partition coefficient (Wildman–Crippen LogP) is 2.52. The number of nitrogens with zero attached hydrogens (tertiary/aromatic N) is 1. The lowest BCUT2D eigenvalue weighted by Gasteiger charge is -2.35. The first kappa shape index (κ1) is 17.0. The monoisotopic (exact) mass is 329 g/mol. The Labute approximate surface area is 144 Å². The van der Waals surface area contributed by atoms with Gasteiger partial charge >= 0.3 is 0 Å². The molecule has 1 aliphatic heterocycles. The van der Waals surface area contributed by atoms with Crippen LogP contribution in [-0.2, 0) is 7.05 Å². The summed E-state index contributed by atoms with van der Waals surface area (Å²) in [6, 6.07) is 7.10. The molecule has 0 spiro atoms. The van der Waals surface area contributed by atoms with Crippen LogP contribution in [0, 0.1) is 6.92 Å². The summed E-state index contributed by atoms with van der Waals surface area (Å²) in [4.78, 5) is 14.6. The number of Topliss-reactive ketones (excluding diaryl/α,β-unsaturated/α-hetero) is 1. The fraction of sp³-hybridized carbons (Fsp3) is 0.550. The number of hydrogen-bond acceptors (Lipinski definition) is 2. The van der Waals surface area contributed by atoms with E-state index in [1.54, 1.807) is 7.11 Å². The smallest absolute Gasteiger partial charge is 0.219 e. The van der Waals surface area contributed by atoms with Crippen molar-refractivity contribution < 1.29 is 14.4 Å². The number of likely N-dealkylation sites (tertiary alicyclic amines) is 1. The van der Waals surface area contributed by atoms with E-state index in [2.05, 4.69) is 18.4 Å². The highest BCUT2D eigenvalue weighted by Gasteiger charge is 2.32. The standard InChI is InChI=1S/C20H28N2O2/c1-13-7-6-8-14(2)22(13)12-19(23)20-15(3)21(4)18-10-9-16(24-5)11-17(18)20/h9-11,13-14H,6-8,12H2,1-5H3/p+1/t13-,14-/m0/s1. The minimum atomic E-state index is 0.252. The van der Waals surface area contributed by atoms with Crippen LogP contribution in [0.5, 0.6) is 5.75 Å². The summed E-state index contributed by atoms with van der Waals surface area (Å²) in [7, 11) is 3.69. The topological polar surface area (TPSA) is 35.7 Å². The van der Waals surface area contributed by atoms with Gasteiger partial charge in [0.1, 0.15) is 12.3 Å². The van der Waals surface area contributed by atoms with Gasteiger partial charge in [-0.15, -0.1) is 0 Å². The number of methoxy groups -OCH3 is 1. The molecule has 1 aromatic carbocycles. The second kappa shape index (κ2) is 6.60. The number of rotatable bonds is 4. The van der Waals surface area contributed by atoms with Gasteiger partial charge in [0.25, 0.3) is 0 Å². The molecule has 0 unspecified atom stereocenters. The molecule has 1 aliphatic rings. The SMILES string of the molecule is COc1ccc2c(c1)c(C(=O)C[NH+]1[C@@H](C)CCC[C@@H]1C)c(C)n2C. The predicted molar refractivity (Wildman–Crippen MR) is 97.1 cm³/mol. The average Bonchev–Trinajstić information content (AvgIpc) is 2.81. The zero-order valence-corrected chi connectivity index (χ0v) is 15.5. The van der Waals surface area contributed by atoms with E-state index in [9.17, 15) is 4.79 Å². The van der Waals surface area contributed by atoms with Crippen molar-refractivity contribution in [3.8, 4) is 5.75 Å². The fourth-order valence-electron chi connectivity index (χ4n) is 4.24. The number of benzene rings is 1. The largest absolute Gasteiger partial charge is 0.497 e. The van der Waals surface area contributed by atoms with Crippen LogP contribution >= 0.6 is 0 Å². The second-order valence-electron chi connectivity index (χ2n) is 7.31. The molecule has 130 valence electrons. The van der Waals surface area contributed by atoms with Gasteiger partial charge in [0.15, 0.2) is 0 Å². The molecule has 2 atom stereocenters. The van der Waals surface area contributed by atoms with Gasteiger partial charge in [0, 0.05) is 23.6 Å². The number of fused-ring (bicyclic) bond motifs is 1. The van der Waals surface area contributed by atoms with Crippen LogP contribution in [0.1, 0.15) is 49.2 Å². The molecule has 24 heavy (non-hydrogen) atoms. The first-order chi connectivity index (χ1) is 11.4. The van der Waals surface area contributed by atoms with Crippen molar-refractivity contribution in [2.45, 2.75) is 52.1 Å². The van der Waals surface area contributed by atoms with Crippen molar-refractivity contribution in [1.29, 1.82) is 0 Å². The van der Waals surface area contributed by atoms with E-state index in [0.29, 0.717) is 18.6 Å². The summed E-state index contributed by atoms with van der Waals surface area (Å²) in [5.74, 6) is 1.05. The van der Waals surface area contributed by atoms with Crippen molar-refractivity contribution in [2.75, 3.05) is 13.7 Å². The first-order valence-electron chi connectivity index (χ1n) is 8.95. The lowest BCUT2D eigenvalue weighted by Crippen LogP contribution is -3.20. The van der Waals surface area contributed by atoms with E-state index >= 15 is 0 Å². The van der Waals surface area contributed by atoms with Gasteiger partial charge in [-0.2, -0.15) is 0 Å². The van der Waals surface area contributed by atoms with Crippen molar-refractivity contribution in [3.05, 3.63) is 29.5 Å². The Kier molecular flexibility index (Phi) is 4.68. The Balaban J connectivity index is 1.98. The molecule has 3 rings (SSSR count). The number of ketones is 1. The van der Waals surface area contributed by atoms with Crippen molar-refractivity contribution in [2.24, 2.45) is 7.05 Å². The normalized spacial score (nSPS) is 22.0. The Morgan fingerprint density at radius 1 is 1.29 bits per heavy atom. The van der Waals surface area contributed by atoms with Gasteiger partial charge < -0.3 is 14.2 Å². The molecular weight excluding hydrogens is 300 g/mol. The molecule has 4 heteroatoms. The van der Waals surface area contributed by atoms with Gasteiger partial charge in [-0.05, 0) is 58.2 Å². The summed E-state index contributed by atoms with van der Waals surface area (Å²) < 4.78 is 7.48. The molecule has 0 aliphatic carbocycles. The molecule has 2 aromatic rings. The molecule has 0 amide bonds. The molecule has 1 aromatic heterocycles. The Morgan fingerprint density at radius 3 is 2.58 bits per heavy atom. The number of nitrogens with one attached hydrogen (secondary N) is 1. The highest BCUT2D eigenvalue weighted by molar-refractivity contribution is 6.10. The zero-order valence-electron chi connectivity index (χ0n) is 15.5. The van der Waals surface area contributed by atoms with Crippen LogP contribution in [0.25, 0.3) is 10.9 Å². The average molecular weight is 329 g/mol. The molecular formula is C20H29N2O2+. The maximum Gasteiger partial charge on any atom is 0.219 e. The number of quaternary nitrogens is 1. The van der Waals surface area contributed by atoms with Gasteiger partial charge in [0.05, 0.1) is 24.8 Å². The van der Waals surface area contributed by atoms with Crippen molar-refractivity contribution in [3.63, 3.8) is 0 Å². The number of aryl methyl sites for hydroxylation is 1. The van der Waals surface area contributed by atoms with Gasteiger partial charge in [-0.1, -0.05) is 0 Å². The fourth-order valence-corrected chi connectivity index (χ4v) is 4.24. The molecule has 4 nitrogen and oxygen atoms in total. The molecule has 1 fully saturated rings. The summed E-state index contributed by atoms with van der Waals surface area (Å²) in [6.45, 7) is 7.17. The van der Waals surface area contributed by atoms with E-state index in [1.807, 2.05) is 32.2 Å². The molecule has 2 heterocycles. The minimum Gasteiger partial charge on any atom is -0.497 e. The third-order valence-electron chi connectivity index (χ3n) is 5.88. The van der Waals surface area contributed by atoms with E-state index < -0.39 is 0 Å². The van der Waals surface area contributed by atoms with Crippen LogP contribution in [0.4, 0.5) is 0 Å². The zero-order chi connectivity index (χ0) is 17.4. The minimum absolute atomic E-state index is 0.252. The summed E-state index contributed by atoms with van der Waals surface area (Å²) in [5, 5.41) is 1.01. The highest BCUT2D eigenvalue weighted by Crippen LogP contribution is 2.28. The first-order valence-corrected chi connectivity index (χ1v) is 8.95. The third kappa shape index (κ3) is 2.84. The lowest BCUT2D eigenvalue weighted by atomic mass is 9.96. The molecule has 0 saturated carbocycles. The van der Waals surface area contributed by atoms with Crippen molar-refractivity contribution in [1.82, 2.24) is 4.57 Å². The third-order valence-corrected chi connectivity index (χ3v) is 5.88.